The van der Waals surface area contributed by atoms with Crippen LogP contribution in [0.1, 0.15) is 0 Å². The molecule has 0 fully saturated rings. The first-order chi connectivity index (χ1) is 3.72. The van der Waals surface area contributed by atoms with E-state index in [1.54, 1.807) is 0 Å². The minimum Gasteiger partial charge on any atom is -0.368 e. The van der Waals surface area contributed by atoms with Gasteiger partial charge < -0.3 is 5.73 Å². The van der Waals surface area contributed by atoms with Crippen LogP contribution in [0.5, 0.6) is 0 Å². The average molecular weight is 149 g/mol. The normalized spacial score (nSPS) is 13.0. The van der Waals surface area contributed by atoms with Crippen molar-refractivity contribution in [2.75, 3.05) is 0 Å². The van der Waals surface area contributed by atoms with Crippen molar-refractivity contribution in [3.05, 3.63) is 0 Å². The molecular formula is C3H4NO2PS. The fourth-order valence-corrected chi connectivity index (χ4v) is 0.581. The van der Waals surface area contributed by atoms with Crippen molar-refractivity contribution in [1.82, 2.24) is 0 Å². The summed E-state index contributed by atoms with van der Waals surface area (Å²) in [6.07, 6.45) is 0. The van der Waals surface area contributed by atoms with Crippen molar-refractivity contribution in [1.29, 1.82) is 0 Å². The number of primary amides is 1. The summed E-state index contributed by atoms with van der Waals surface area (Å²) < 4.78 is 9.88. The van der Waals surface area contributed by atoms with Crippen molar-refractivity contribution in [3.8, 4) is 0 Å². The number of hydrogen-bond donors (Lipinski definition) is 1. The van der Waals surface area contributed by atoms with Gasteiger partial charge in [0.2, 0.25) is 5.91 Å². The predicted molar refractivity (Wildman–Crippen MR) is 34.2 cm³/mol. The quantitative estimate of drug-likeness (QED) is 0.458. The molecule has 0 saturated heterocycles. The maximum Gasteiger partial charge on any atom is 0.236 e. The van der Waals surface area contributed by atoms with E-state index in [1.807, 2.05) is 0 Å². The number of rotatable bonds is 3. The average Bonchev–Trinajstić information content (AvgIpc) is 1.69. The largest absolute Gasteiger partial charge is 0.368 e. The van der Waals surface area contributed by atoms with E-state index in [9.17, 15) is 9.36 Å². The van der Waals surface area contributed by atoms with E-state index in [4.69, 9.17) is 5.73 Å². The van der Waals surface area contributed by atoms with Crippen molar-refractivity contribution in [2.45, 2.75) is 5.66 Å². The van der Waals surface area contributed by atoms with E-state index in [-0.39, 0.29) is 8.46 Å². The molecule has 2 N–H and O–H groups in total. The maximum absolute atomic E-state index is 10.1. The fourth-order valence-electron chi connectivity index (χ4n) is 0.144. The highest BCUT2D eigenvalue weighted by Crippen LogP contribution is 2.01. The molecule has 5 heteroatoms. The standard InChI is InChI=1S/C3H4NO2PS/c4-3(5)2(1-8)7-6/h1-2H,(H2,4,5). The number of amides is 1. The summed E-state index contributed by atoms with van der Waals surface area (Å²) in [5, 5.41) is 1.08. The number of thiocarbonyl (C=S) groups is 1. The molecule has 3 nitrogen and oxygen atoms in total. The molecule has 0 bridgehead atoms. The van der Waals surface area contributed by atoms with Crippen LogP contribution in [0.4, 0.5) is 0 Å². The summed E-state index contributed by atoms with van der Waals surface area (Å²) in [7, 11) is -0.331. The van der Waals surface area contributed by atoms with Gasteiger partial charge in [-0.1, -0.05) is 12.2 Å². The Bertz CT molecular complexity index is 118. The van der Waals surface area contributed by atoms with Gasteiger partial charge in [0.05, 0.1) is 0 Å². The molecule has 0 aromatic rings. The highest BCUT2D eigenvalue weighted by atomic mass is 32.1. The van der Waals surface area contributed by atoms with E-state index < -0.39 is 11.6 Å². The van der Waals surface area contributed by atoms with Gasteiger partial charge in [0.25, 0.3) is 0 Å². The third kappa shape index (κ3) is 2.09. The first-order valence-corrected chi connectivity index (χ1v) is 3.14. The predicted octanol–water partition coefficient (Wildman–Crippen LogP) is 0.132. The molecule has 0 aliphatic rings. The van der Waals surface area contributed by atoms with Crippen molar-refractivity contribution < 1.29 is 9.36 Å². The van der Waals surface area contributed by atoms with E-state index in [0.717, 1.165) is 5.37 Å². The van der Waals surface area contributed by atoms with Crippen LogP contribution in [-0.4, -0.2) is 16.9 Å². The monoisotopic (exact) mass is 149 g/mol. The molecule has 0 aromatic carbocycles. The lowest BCUT2D eigenvalue weighted by atomic mass is 10.5. The smallest absolute Gasteiger partial charge is 0.236 e. The van der Waals surface area contributed by atoms with Gasteiger partial charge in [0.15, 0.2) is 8.46 Å². The summed E-state index contributed by atoms with van der Waals surface area (Å²) in [5.74, 6) is -0.656. The first-order valence-electron chi connectivity index (χ1n) is 1.79. The highest BCUT2D eigenvalue weighted by Gasteiger charge is 2.09. The van der Waals surface area contributed by atoms with Gasteiger partial charge in [0, 0.05) is 5.37 Å². The number of carbonyl (C=O) groups excluding carboxylic acids is 1. The summed E-state index contributed by atoms with van der Waals surface area (Å²) >= 11 is 4.32. The molecule has 0 aromatic heterocycles. The van der Waals surface area contributed by atoms with Gasteiger partial charge in [-0.2, -0.15) is 0 Å². The fraction of sp³-hybridized carbons (Fsp3) is 0.333. The van der Waals surface area contributed by atoms with Crippen LogP contribution in [0.25, 0.3) is 0 Å². The highest BCUT2D eigenvalue weighted by molar-refractivity contribution is 7.79. The summed E-state index contributed by atoms with van der Waals surface area (Å²) in [4.78, 5) is 10.1. The van der Waals surface area contributed by atoms with E-state index in [1.165, 1.54) is 0 Å². The zero-order valence-corrected chi connectivity index (χ0v) is 5.61. The van der Waals surface area contributed by atoms with Gasteiger partial charge in [-0.05, 0) is 0 Å². The van der Waals surface area contributed by atoms with Crippen LogP contribution in [0, 0.1) is 0 Å². The molecule has 0 heterocycles. The third-order valence-corrected chi connectivity index (χ3v) is 1.64. The molecule has 1 atom stereocenters. The Labute approximate surface area is 53.4 Å². The lowest BCUT2D eigenvalue weighted by Crippen LogP contribution is -2.23. The minimum absolute atomic E-state index is 0.331. The minimum atomic E-state index is -0.801. The van der Waals surface area contributed by atoms with E-state index in [0.29, 0.717) is 0 Å². The van der Waals surface area contributed by atoms with Gasteiger partial charge in [-0.3, -0.25) is 9.36 Å². The molecule has 0 aliphatic carbocycles. The molecule has 0 spiro atoms. The molecule has 1 unspecified atom stereocenters. The second-order valence-electron chi connectivity index (χ2n) is 1.09. The van der Waals surface area contributed by atoms with Gasteiger partial charge in [0.1, 0.15) is 5.66 Å². The molecular weight excluding hydrogens is 145 g/mol. The first kappa shape index (κ1) is 7.66. The summed E-state index contributed by atoms with van der Waals surface area (Å²) in [5.41, 5.74) is 3.91. The van der Waals surface area contributed by atoms with Gasteiger partial charge >= 0.3 is 0 Å². The number of carbonyl (C=O) groups is 1. The SMILES string of the molecule is NC(=O)C(C=S)P=O. The van der Waals surface area contributed by atoms with E-state index >= 15 is 0 Å². The summed E-state index contributed by atoms with van der Waals surface area (Å²) in [6, 6.07) is 0. The molecule has 0 aliphatic heterocycles. The Hall–Kier alpha value is -0.340. The molecule has 1 amide bonds. The number of nitrogens with two attached hydrogens (primary N) is 1. The van der Waals surface area contributed by atoms with Crippen LogP contribution in [0.3, 0.4) is 0 Å². The van der Waals surface area contributed by atoms with Crippen molar-refractivity contribution in [2.24, 2.45) is 5.73 Å². The van der Waals surface area contributed by atoms with Crippen LogP contribution in [-0.2, 0) is 9.36 Å². The van der Waals surface area contributed by atoms with Crippen molar-refractivity contribution in [3.63, 3.8) is 0 Å². The Morgan fingerprint density at radius 1 is 1.88 bits per heavy atom. The molecule has 0 radical (unpaired) electrons. The molecule has 8 heavy (non-hydrogen) atoms. The topological polar surface area (TPSA) is 60.2 Å². The lowest BCUT2D eigenvalue weighted by molar-refractivity contribution is -0.116. The Morgan fingerprint density at radius 2 is 2.38 bits per heavy atom. The van der Waals surface area contributed by atoms with Crippen LogP contribution >= 0.6 is 20.7 Å². The van der Waals surface area contributed by atoms with Gasteiger partial charge in [-0.25, -0.2) is 0 Å². The zero-order valence-electron chi connectivity index (χ0n) is 3.90. The summed E-state index contributed by atoms with van der Waals surface area (Å²) in [6.45, 7) is 0. The lowest BCUT2D eigenvalue weighted by Gasteiger charge is -1.89. The number of hydrogen-bond acceptors (Lipinski definition) is 3. The molecule has 0 saturated carbocycles. The van der Waals surface area contributed by atoms with Crippen molar-refractivity contribution >= 4 is 32.0 Å². The van der Waals surface area contributed by atoms with Crippen LogP contribution in [0.15, 0.2) is 0 Å². The molecule has 0 rings (SSSR count). The second kappa shape index (κ2) is 3.64. The second-order valence-corrected chi connectivity index (χ2v) is 2.13. The van der Waals surface area contributed by atoms with Gasteiger partial charge in [-0.15, -0.1) is 0 Å². The van der Waals surface area contributed by atoms with Crippen LogP contribution in [0.2, 0.25) is 0 Å². The Balaban J connectivity index is 3.88. The maximum atomic E-state index is 10.1. The van der Waals surface area contributed by atoms with Crippen LogP contribution < -0.4 is 5.73 Å². The van der Waals surface area contributed by atoms with E-state index in [2.05, 4.69) is 12.2 Å². The zero-order chi connectivity index (χ0) is 6.57. The molecule has 44 valence electrons. The third-order valence-electron chi connectivity index (χ3n) is 0.534. The Kier molecular flexibility index (Phi) is 3.48. The Morgan fingerprint density at radius 3 is 2.38 bits per heavy atom.